The predicted octanol–water partition coefficient (Wildman–Crippen LogP) is 7.55. The van der Waals surface area contributed by atoms with Crippen molar-refractivity contribution in [3.05, 3.63) is 125 Å². The molecule has 0 saturated carbocycles. The quantitative estimate of drug-likeness (QED) is 0.252. The molecule has 0 aromatic heterocycles. The molecule has 174 valence electrons. The van der Waals surface area contributed by atoms with E-state index >= 15 is 0 Å². The summed E-state index contributed by atoms with van der Waals surface area (Å²) >= 11 is 0. The van der Waals surface area contributed by atoms with E-state index in [4.69, 9.17) is 4.74 Å². The van der Waals surface area contributed by atoms with E-state index in [0.717, 1.165) is 31.7 Å². The second-order valence-corrected chi connectivity index (χ2v) is 9.21. The molecule has 2 heteroatoms. The Bertz CT molecular complexity index is 1130. The van der Waals surface area contributed by atoms with Crippen molar-refractivity contribution >= 4 is 0 Å². The largest absolute Gasteiger partial charge is 0.497 e. The van der Waals surface area contributed by atoms with E-state index in [1.807, 2.05) is 12.1 Å². The molecule has 0 aliphatic heterocycles. The first-order valence-electron chi connectivity index (χ1n) is 12.2. The molecule has 0 saturated heterocycles. The maximum atomic E-state index is 5.29. The summed E-state index contributed by atoms with van der Waals surface area (Å²) in [5.41, 5.74) is 7.89. The smallest absolute Gasteiger partial charge is 0.118 e. The standard InChI is InChI=1S/C32H35NO/c1-25-15-16-27(26-17-19-31(34-3)20-18-26)23-28(25)24-33-22-10-21-32(2,29-11-6-4-7-12-29)30-13-8-5-9-14-30/h4-9,11-20,23,33H,10,21-22,24H2,1-3H3. The number of methoxy groups -OCH3 is 1. The SMILES string of the molecule is COc1ccc(-c2ccc(C)c(CNCCCC(C)(c3ccccc3)c3ccccc3)c2)cc1. The van der Waals surface area contributed by atoms with E-state index in [1.165, 1.54) is 33.4 Å². The predicted molar refractivity (Wildman–Crippen MR) is 143 cm³/mol. The molecule has 0 bridgehead atoms. The molecule has 4 aromatic carbocycles. The van der Waals surface area contributed by atoms with E-state index in [1.54, 1.807) is 7.11 Å². The Kier molecular flexibility index (Phi) is 7.82. The van der Waals surface area contributed by atoms with Crippen LogP contribution in [0.15, 0.2) is 103 Å². The van der Waals surface area contributed by atoms with Crippen LogP contribution in [0.2, 0.25) is 0 Å². The van der Waals surface area contributed by atoms with E-state index in [9.17, 15) is 0 Å². The summed E-state index contributed by atoms with van der Waals surface area (Å²) in [4.78, 5) is 0. The van der Waals surface area contributed by atoms with Gasteiger partial charge in [0.25, 0.3) is 0 Å². The number of rotatable bonds is 10. The van der Waals surface area contributed by atoms with E-state index in [2.05, 4.69) is 110 Å². The summed E-state index contributed by atoms with van der Waals surface area (Å²) < 4.78 is 5.29. The topological polar surface area (TPSA) is 21.3 Å². The minimum Gasteiger partial charge on any atom is -0.497 e. The van der Waals surface area contributed by atoms with Gasteiger partial charge in [-0.05, 0) is 77.9 Å². The second kappa shape index (κ2) is 11.2. The summed E-state index contributed by atoms with van der Waals surface area (Å²) in [7, 11) is 1.70. The normalized spacial score (nSPS) is 11.4. The van der Waals surface area contributed by atoms with Crippen LogP contribution in [0.3, 0.4) is 0 Å². The van der Waals surface area contributed by atoms with Crippen molar-refractivity contribution in [3.8, 4) is 16.9 Å². The van der Waals surface area contributed by atoms with Crippen molar-refractivity contribution in [3.63, 3.8) is 0 Å². The highest BCUT2D eigenvalue weighted by Gasteiger charge is 2.27. The second-order valence-electron chi connectivity index (χ2n) is 9.21. The Morgan fingerprint density at radius 2 is 1.32 bits per heavy atom. The van der Waals surface area contributed by atoms with Crippen LogP contribution in [0.25, 0.3) is 11.1 Å². The van der Waals surface area contributed by atoms with Crippen LogP contribution in [-0.4, -0.2) is 13.7 Å². The van der Waals surface area contributed by atoms with Crippen molar-refractivity contribution in [1.82, 2.24) is 5.32 Å². The van der Waals surface area contributed by atoms with Crippen molar-refractivity contribution in [2.45, 2.75) is 38.6 Å². The Balaban J connectivity index is 1.39. The first-order chi connectivity index (χ1) is 16.6. The zero-order valence-corrected chi connectivity index (χ0v) is 20.6. The van der Waals surface area contributed by atoms with Crippen LogP contribution in [-0.2, 0) is 12.0 Å². The molecule has 0 aliphatic carbocycles. The summed E-state index contributed by atoms with van der Waals surface area (Å²) in [6.07, 6.45) is 2.20. The number of hydrogen-bond acceptors (Lipinski definition) is 2. The van der Waals surface area contributed by atoms with Gasteiger partial charge in [-0.15, -0.1) is 0 Å². The van der Waals surface area contributed by atoms with Gasteiger partial charge in [-0.3, -0.25) is 0 Å². The third-order valence-corrected chi connectivity index (χ3v) is 6.94. The third-order valence-electron chi connectivity index (χ3n) is 6.94. The molecule has 34 heavy (non-hydrogen) atoms. The Morgan fingerprint density at radius 1 is 0.735 bits per heavy atom. The fraction of sp³-hybridized carbons (Fsp3) is 0.250. The van der Waals surface area contributed by atoms with E-state index in [-0.39, 0.29) is 5.41 Å². The molecule has 0 heterocycles. The van der Waals surface area contributed by atoms with Crippen molar-refractivity contribution in [1.29, 1.82) is 0 Å². The molecule has 0 radical (unpaired) electrons. The van der Waals surface area contributed by atoms with Crippen molar-refractivity contribution in [2.24, 2.45) is 0 Å². The van der Waals surface area contributed by atoms with Crippen molar-refractivity contribution in [2.75, 3.05) is 13.7 Å². The highest BCUT2D eigenvalue weighted by atomic mass is 16.5. The number of nitrogens with one attached hydrogen (secondary N) is 1. The lowest BCUT2D eigenvalue weighted by atomic mass is 9.73. The van der Waals surface area contributed by atoms with Gasteiger partial charge in [0.05, 0.1) is 7.11 Å². The lowest BCUT2D eigenvalue weighted by molar-refractivity contribution is 0.415. The Labute approximate surface area is 204 Å². The maximum absolute atomic E-state index is 5.29. The lowest BCUT2D eigenvalue weighted by Gasteiger charge is -2.31. The third kappa shape index (κ3) is 5.58. The maximum Gasteiger partial charge on any atom is 0.118 e. The molecule has 0 aliphatic rings. The monoisotopic (exact) mass is 449 g/mol. The van der Waals surface area contributed by atoms with Gasteiger partial charge in [-0.25, -0.2) is 0 Å². The average Bonchev–Trinajstić information content (AvgIpc) is 2.90. The van der Waals surface area contributed by atoms with Gasteiger partial charge < -0.3 is 10.1 Å². The molecule has 0 unspecified atom stereocenters. The average molecular weight is 450 g/mol. The molecule has 0 atom stereocenters. The number of benzene rings is 4. The zero-order chi connectivity index (χ0) is 23.8. The minimum atomic E-state index is 0.00833. The molecule has 0 amide bonds. The zero-order valence-electron chi connectivity index (χ0n) is 20.6. The first-order valence-corrected chi connectivity index (χ1v) is 12.2. The molecule has 1 N–H and O–H groups in total. The van der Waals surface area contributed by atoms with Crippen molar-refractivity contribution < 1.29 is 4.74 Å². The summed E-state index contributed by atoms with van der Waals surface area (Å²) in [6.45, 7) is 6.43. The minimum absolute atomic E-state index is 0.00833. The van der Waals surface area contributed by atoms with Gasteiger partial charge in [0, 0.05) is 12.0 Å². The van der Waals surface area contributed by atoms with Gasteiger partial charge in [-0.1, -0.05) is 91.9 Å². The van der Waals surface area contributed by atoms with Gasteiger partial charge in [0.2, 0.25) is 0 Å². The van der Waals surface area contributed by atoms with Crippen LogP contribution in [0.4, 0.5) is 0 Å². The van der Waals surface area contributed by atoms with Gasteiger partial charge in [-0.2, -0.15) is 0 Å². The molecule has 0 spiro atoms. The Morgan fingerprint density at radius 3 is 1.91 bits per heavy atom. The van der Waals surface area contributed by atoms with Crippen LogP contribution in [0.1, 0.15) is 42.0 Å². The molecule has 4 rings (SSSR count). The molecule has 4 aromatic rings. The van der Waals surface area contributed by atoms with E-state index in [0.29, 0.717) is 0 Å². The van der Waals surface area contributed by atoms with Gasteiger partial charge in [0.1, 0.15) is 5.75 Å². The fourth-order valence-corrected chi connectivity index (χ4v) is 4.68. The molecular weight excluding hydrogens is 414 g/mol. The van der Waals surface area contributed by atoms with Gasteiger partial charge in [0.15, 0.2) is 0 Å². The number of ether oxygens (including phenoxy) is 1. The van der Waals surface area contributed by atoms with Crippen LogP contribution in [0.5, 0.6) is 5.75 Å². The highest BCUT2D eigenvalue weighted by Crippen LogP contribution is 2.36. The molecular formula is C32H35NO. The summed E-state index contributed by atoms with van der Waals surface area (Å²) in [5, 5.41) is 3.69. The van der Waals surface area contributed by atoms with E-state index < -0.39 is 0 Å². The summed E-state index contributed by atoms with van der Waals surface area (Å²) in [5.74, 6) is 0.885. The summed E-state index contributed by atoms with van der Waals surface area (Å²) in [6, 6.07) is 36.8. The molecule has 2 nitrogen and oxygen atoms in total. The highest BCUT2D eigenvalue weighted by molar-refractivity contribution is 5.65. The van der Waals surface area contributed by atoms with Crippen LogP contribution in [0, 0.1) is 6.92 Å². The first kappa shape index (κ1) is 23.8. The van der Waals surface area contributed by atoms with Crippen LogP contribution < -0.4 is 10.1 Å². The molecule has 0 fully saturated rings. The number of hydrogen-bond donors (Lipinski definition) is 1. The van der Waals surface area contributed by atoms with Crippen LogP contribution >= 0.6 is 0 Å². The lowest BCUT2D eigenvalue weighted by Crippen LogP contribution is -2.26. The number of aryl methyl sites for hydroxylation is 1. The van der Waals surface area contributed by atoms with Gasteiger partial charge >= 0.3 is 0 Å². The fourth-order valence-electron chi connectivity index (χ4n) is 4.68. The Hall–Kier alpha value is -3.36.